The summed E-state index contributed by atoms with van der Waals surface area (Å²) in [6.45, 7) is 10.2. The van der Waals surface area contributed by atoms with Crippen molar-refractivity contribution in [1.29, 1.82) is 0 Å². The van der Waals surface area contributed by atoms with Gasteiger partial charge in [-0.2, -0.15) is 0 Å². The van der Waals surface area contributed by atoms with Crippen LogP contribution in [0.2, 0.25) is 0 Å². The summed E-state index contributed by atoms with van der Waals surface area (Å²) < 4.78 is 12.2. The van der Waals surface area contributed by atoms with E-state index in [1.165, 1.54) is 22.3 Å². The Kier molecular flexibility index (Phi) is 7.84. The van der Waals surface area contributed by atoms with Crippen LogP contribution < -0.4 is 9.47 Å². The van der Waals surface area contributed by atoms with Crippen molar-refractivity contribution in [2.24, 2.45) is 0 Å². The Morgan fingerprint density at radius 1 is 0.800 bits per heavy atom. The van der Waals surface area contributed by atoms with Crippen molar-refractivity contribution < 1.29 is 9.47 Å². The molecule has 2 aromatic rings. The predicted molar refractivity (Wildman–Crippen MR) is 106 cm³/mol. The van der Waals surface area contributed by atoms with Gasteiger partial charge in [0.05, 0.1) is 13.2 Å². The zero-order valence-electron chi connectivity index (χ0n) is 16.2. The zero-order chi connectivity index (χ0) is 18.1. The smallest absolute Gasteiger partial charge is 0.125 e. The van der Waals surface area contributed by atoms with Crippen molar-refractivity contribution in [3.05, 3.63) is 58.7 Å². The van der Waals surface area contributed by atoms with Crippen LogP contribution in [0.4, 0.5) is 0 Å². The number of benzene rings is 2. The first-order chi connectivity index (χ1) is 12.2. The Balaban J connectivity index is 2.22. The summed E-state index contributed by atoms with van der Waals surface area (Å²) >= 11 is 0. The molecule has 0 N–H and O–H groups in total. The number of hydrogen-bond donors (Lipinski definition) is 0. The maximum Gasteiger partial charge on any atom is 0.125 e. The van der Waals surface area contributed by atoms with Crippen LogP contribution in [0.1, 0.15) is 61.8 Å². The Bertz CT molecular complexity index is 661. The summed E-state index contributed by atoms with van der Waals surface area (Å²) in [5, 5.41) is 0. The fraction of sp³-hybridized carbons (Fsp3) is 0.478. The molecule has 2 nitrogen and oxygen atoms in total. The van der Waals surface area contributed by atoms with Crippen LogP contribution in [0.5, 0.6) is 11.5 Å². The minimum Gasteiger partial charge on any atom is -0.493 e. The fourth-order valence-corrected chi connectivity index (χ4v) is 2.85. The highest BCUT2D eigenvalue weighted by atomic mass is 16.5. The van der Waals surface area contributed by atoms with Gasteiger partial charge in [-0.3, -0.25) is 0 Å². The standard InChI is InChI=1S/C23H32O2/c1-5-7-14-24-22-16-18(3)12-13-20(22)17-21-11-9-10-19(4)23(21)25-15-8-6-2/h9-13,16H,5-8,14-15,17H2,1-4H3. The molecule has 25 heavy (non-hydrogen) atoms. The quantitative estimate of drug-likeness (QED) is 0.476. The van der Waals surface area contributed by atoms with E-state index in [0.717, 1.165) is 56.8 Å². The monoisotopic (exact) mass is 340 g/mol. The molecule has 0 saturated heterocycles. The Labute approximate surface area is 153 Å². The number of rotatable bonds is 10. The van der Waals surface area contributed by atoms with Crippen LogP contribution in [-0.2, 0) is 6.42 Å². The largest absolute Gasteiger partial charge is 0.493 e. The third kappa shape index (κ3) is 5.81. The van der Waals surface area contributed by atoms with Gasteiger partial charge in [-0.15, -0.1) is 0 Å². The van der Waals surface area contributed by atoms with Crippen molar-refractivity contribution in [3.63, 3.8) is 0 Å². The first-order valence-corrected chi connectivity index (χ1v) is 9.59. The molecule has 0 spiro atoms. The maximum atomic E-state index is 6.10. The molecular weight excluding hydrogens is 308 g/mol. The molecule has 0 bridgehead atoms. The normalized spacial score (nSPS) is 10.7. The number of para-hydroxylation sites is 1. The SMILES string of the molecule is CCCCOc1cc(C)ccc1Cc1cccc(C)c1OCCCC. The van der Waals surface area contributed by atoms with E-state index in [1.54, 1.807) is 0 Å². The van der Waals surface area contributed by atoms with E-state index in [1.807, 2.05) is 0 Å². The van der Waals surface area contributed by atoms with Gasteiger partial charge in [0.15, 0.2) is 0 Å². The molecule has 0 fully saturated rings. The number of ether oxygens (including phenoxy) is 2. The van der Waals surface area contributed by atoms with Gasteiger partial charge in [0.2, 0.25) is 0 Å². The van der Waals surface area contributed by atoms with Crippen molar-refractivity contribution in [1.82, 2.24) is 0 Å². The molecule has 2 heteroatoms. The van der Waals surface area contributed by atoms with Crippen molar-refractivity contribution in [2.75, 3.05) is 13.2 Å². The average Bonchev–Trinajstić information content (AvgIpc) is 2.60. The molecule has 2 rings (SSSR count). The lowest BCUT2D eigenvalue weighted by molar-refractivity contribution is 0.302. The summed E-state index contributed by atoms with van der Waals surface area (Å²) in [7, 11) is 0. The summed E-state index contributed by atoms with van der Waals surface area (Å²) in [5.74, 6) is 2.05. The van der Waals surface area contributed by atoms with Gasteiger partial charge in [0.25, 0.3) is 0 Å². The third-order valence-electron chi connectivity index (χ3n) is 4.40. The second-order valence-electron chi connectivity index (χ2n) is 6.76. The molecule has 136 valence electrons. The molecule has 0 unspecified atom stereocenters. The molecule has 0 aromatic heterocycles. The fourth-order valence-electron chi connectivity index (χ4n) is 2.85. The lowest BCUT2D eigenvalue weighted by Gasteiger charge is -2.16. The number of unbranched alkanes of at least 4 members (excludes halogenated alkanes) is 2. The Morgan fingerprint density at radius 3 is 2.24 bits per heavy atom. The molecule has 0 aliphatic rings. The van der Waals surface area contributed by atoms with E-state index >= 15 is 0 Å². The van der Waals surface area contributed by atoms with Gasteiger partial charge in [-0.05, 0) is 55.0 Å². The van der Waals surface area contributed by atoms with Crippen LogP contribution in [0, 0.1) is 13.8 Å². The van der Waals surface area contributed by atoms with Gasteiger partial charge in [0.1, 0.15) is 11.5 Å². The zero-order valence-corrected chi connectivity index (χ0v) is 16.2. The molecule has 0 atom stereocenters. The second kappa shape index (κ2) is 10.1. The minimum atomic E-state index is 0.778. The Morgan fingerprint density at radius 2 is 1.52 bits per heavy atom. The average molecular weight is 341 g/mol. The highest BCUT2D eigenvalue weighted by molar-refractivity contribution is 5.47. The highest BCUT2D eigenvalue weighted by Gasteiger charge is 2.11. The molecule has 2 aromatic carbocycles. The third-order valence-corrected chi connectivity index (χ3v) is 4.40. The highest BCUT2D eigenvalue weighted by Crippen LogP contribution is 2.30. The first-order valence-electron chi connectivity index (χ1n) is 9.59. The molecule has 0 heterocycles. The molecule has 0 aliphatic heterocycles. The van der Waals surface area contributed by atoms with E-state index in [9.17, 15) is 0 Å². The van der Waals surface area contributed by atoms with E-state index in [4.69, 9.17) is 9.47 Å². The van der Waals surface area contributed by atoms with E-state index < -0.39 is 0 Å². The second-order valence-corrected chi connectivity index (χ2v) is 6.76. The minimum absolute atomic E-state index is 0.778. The van der Waals surface area contributed by atoms with Gasteiger partial charge in [0, 0.05) is 6.42 Å². The van der Waals surface area contributed by atoms with E-state index in [0.29, 0.717) is 0 Å². The van der Waals surface area contributed by atoms with Crippen molar-refractivity contribution in [2.45, 2.75) is 59.8 Å². The molecular formula is C23H32O2. The van der Waals surface area contributed by atoms with Crippen LogP contribution in [0.3, 0.4) is 0 Å². The summed E-state index contributed by atoms with van der Waals surface area (Å²) in [4.78, 5) is 0. The molecule has 0 radical (unpaired) electrons. The lowest BCUT2D eigenvalue weighted by Crippen LogP contribution is -2.04. The maximum absolute atomic E-state index is 6.10. The van der Waals surface area contributed by atoms with Gasteiger partial charge < -0.3 is 9.47 Å². The van der Waals surface area contributed by atoms with Gasteiger partial charge in [-0.25, -0.2) is 0 Å². The van der Waals surface area contributed by atoms with Crippen LogP contribution in [-0.4, -0.2) is 13.2 Å². The number of aryl methyl sites for hydroxylation is 2. The summed E-state index contributed by atoms with van der Waals surface area (Å²) in [6.07, 6.45) is 5.31. The van der Waals surface area contributed by atoms with Crippen molar-refractivity contribution >= 4 is 0 Å². The first kappa shape index (κ1) is 19.4. The van der Waals surface area contributed by atoms with Crippen LogP contribution in [0.25, 0.3) is 0 Å². The van der Waals surface area contributed by atoms with Gasteiger partial charge >= 0.3 is 0 Å². The summed E-state index contributed by atoms with van der Waals surface area (Å²) in [5.41, 5.74) is 4.90. The topological polar surface area (TPSA) is 18.5 Å². The summed E-state index contributed by atoms with van der Waals surface area (Å²) in [6, 6.07) is 12.9. The predicted octanol–water partition coefficient (Wildman–Crippen LogP) is 6.25. The molecule has 0 saturated carbocycles. The Hall–Kier alpha value is -1.96. The van der Waals surface area contributed by atoms with Crippen LogP contribution >= 0.6 is 0 Å². The van der Waals surface area contributed by atoms with Crippen molar-refractivity contribution in [3.8, 4) is 11.5 Å². The van der Waals surface area contributed by atoms with Crippen LogP contribution in [0.15, 0.2) is 36.4 Å². The molecule has 0 amide bonds. The van der Waals surface area contributed by atoms with Gasteiger partial charge in [-0.1, -0.05) is 57.0 Å². The molecule has 0 aliphatic carbocycles. The lowest BCUT2D eigenvalue weighted by atomic mass is 10.00. The van der Waals surface area contributed by atoms with E-state index in [2.05, 4.69) is 64.1 Å². The van der Waals surface area contributed by atoms with E-state index in [-0.39, 0.29) is 0 Å². The number of hydrogen-bond acceptors (Lipinski definition) is 2.